The van der Waals surface area contributed by atoms with Crippen molar-refractivity contribution in [3.8, 4) is 0 Å². The Bertz CT molecular complexity index is 902. The van der Waals surface area contributed by atoms with E-state index < -0.39 is 0 Å². The van der Waals surface area contributed by atoms with E-state index in [1.807, 2.05) is 25.1 Å². The first-order valence-corrected chi connectivity index (χ1v) is 8.25. The van der Waals surface area contributed by atoms with Crippen molar-refractivity contribution in [3.63, 3.8) is 0 Å². The molecule has 0 radical (unpaired) electrons. The number of rotatable bonds is 3. The first-order chi connectivity index (χ1) is 12.1. The van der Waals surface area contributed by atoms with E-state index in [-0.39, 0.29) is 18.1 Å². The fraction of sp³-hybridized carbons (Fsp3) is 0.412. The minimum atomic E-state index is -0.361. The molecule has 0 saturated carbocycles. The van der Waals surface area contributed by atoms with Crippen LogP contribution in [0.5, 0.6) is 0 Å². The second-order valence-electron chi connectivity index (χ2n) is 6.26. The SMILES string of the molecule is Cc1noc([C@@H]2[C@@H](C)OCCN2C(=O)Cc2ccc3[nH]ncc3c2)n1. The number of aryl methyl sites for hydroxylation is 1. The van der Waals surface area contributed by atoms with Crippen LogP contribution < -0.4 is 0 Å². The largest absolute Gasteiger partial charge is 0.374 e. The number of benzene rings is 1. The molecule has 0 unspecified atom stereocenters. The number of nitrogens with one attached hydrogen (secondary N) is 1. The number of H-pyrrole nitrogens is 1. The maximum Gasteiger partial charge on any atom is 0.252 e. The van der Waals surface area contributed by atoms with Crippen LogP contribution in [0.4, 0.5) is 0 Å². The summed E-state index contributed by atoms with van der Waals surface area (Å²) in [6.07, 6.45) is 1.86. The molecule has 8 heteroatoms. The van der Waals surface area contributed by atoms with Crippen molar-refractivity contribution in [1.29, 1.82) is 0 Å². The second-order valence-corrected chi connectivity index (χ2v) is 6.26. The van der Waals surface area contributed by atoms with Gasteiger partial charge in [-0.3, -0.25) is 9.89 Å². The number of ether oxygens (including phenoxy) is 1. The molecule has 130 valence electrons. The summed E-state index contributed by atoms with van der Waals surface area (Å²) in [4.78, 5) is 19.0. The molecule has 8 nitrogen and oxygen atoms in total. The highest BCUT2D eigenvalue weighted by molar-refractivity contribution is 5.83. The van der Waals surface area contributed by atoms with Crippen molar-refractivity contribution in [3.05, 3.63) is 41.7 Å². The van der Waals surface area contributed by atoms with Gasteiger partial charge in [-0.15, -0.1) is 0 Å². The van der Waals surface area contributed by atoms with Gasteiger partial charge in [-0.25, -0.2) is 0 Å². The van der Waals surface area contributed by atoms with E-state index in [1.54, 1.807) is 18.0 Å². The molecule has 1 aromatic carbocycles. The molecular weight excluding hydrogens is 322 g/mol. The Morgan fingerprint density at radius 1 is 1.44 bits per heavy atom. The summed E-state index contributed by atoms with van der Waals surface area (Å²) < 4.78 is 11.0. The van der Waals surface area contributed by atoms with Crippen LogP contribution in [0.1, 0.15) is 30.2 Å². The molecule has 1 aliphatic rings. The second kappa shape index (κ2) is 6.29. The van der Waals surface area contributed by atoms with Crippen LogP contribution in [0.25, 0.3) is 10.9 Å². The molecule has 2 aromatic heterocycles. The first kappa shape index (κ1) is 15.8. The fourth-order valence-electron chi connectivity index (χ4n) is 3.25. The number of nitrogens with zero attached hydrogens (tertiary/aromatic N) is 4. The van der Waals surface area contributed by atoms with Crippen molar-refractivity contribution in [2.45, 2.75) is 32.4 Å². The van der Waals surface area contributed by atoms with Gasteiger partial charge in [0, 0.05) is 11.9 Å². The van der Waals surface area contributed by atoms with Gasteiger partial charge in [0.25, 0.3) is 5.89 Å². The van der Waals surface area contributed by atoms with Crippen molar-refractivity contribution in [2.75, 3.05) is 13.2 Å². The van der Waals surface area contributed by atoms with Crippen LogP contribution in [0, 0.1) is 6.92 Å². The van der Waals surface area contributed by atoms with Gasteiger partial charge in [-0.05, 0) is 31.5 Å². The molecule has 0 aliphatic carbocycles. The Balaban J connectivity index is 1.58. The van der Waals surface area contributed by atoms with Crippen molar-refractivity contribution in [1.82, 2.24) is 25.2 Å². The third kappa shape index (κ3) is 3.00. The Hall–Kier alpha value is -2.74. The van der Waals surface area contributed by atoms with Crippen molar-refractivity contribution >= 4 is 16.8 Å². The molecule has 3 aromatic rings. The molecule has 2 atom stereocenters. The number of aromatic amines is 1. The molecule has 1 amide bonds. The highest BCUT2D eigenvalue weighted by Crippen LogP contribution is 2.29. The van der Waals surface area contributed by atoms with Gasteiger partial charge >= 0.3 is 0 Å². The Kier molecular flexibility index (Phi) is 3.96. The summed E-state index contributed by atoms with van der Waals surface area (Å²) in [7, 11) is 0. The zero-order valence-electron chi connectivity index (χ0n) is 14.1. The zero-order chi connectivity index (χ0) is 17.4. The maximum atomic E-state index is 12.9. The summed E-state index contributed by atoms with van der Waals surface area (Å²) in [6, 6.07) is 5.49. The van der Waals surface area contributed by atoms with Crippen LogP contribution >= 0.6 is 0 Å². The van der Waals surface area contributed by atoms with E-state index >= 15 is 0 Å². The van der Waals surface area contributed by atoms with E-state index in [4.69, 9.17) is 9.26 Å². The van der Waals surface area contributed by atoms with Gasteiger partial charge in [0.15, 0.2) is 5.82 Å². The minimum absolute atomic E-state index is 0.0128. The fourth-order valence-corrected chi connectivity index (χ4v) is 3.25. The van der Waals surface area contributed by atoms with E-state index in [1.165, 1.54) is 0 Å². The van der Waals surface area contributed by atoms with Gasteiger partial charge in [-0.2, -0.15) is 10.1 Å². The normalized spacial score (nSPS) is 21.0. The van der Waals surface area contributed by atoms with Crippen molar-refractivity contribution in [2.24, 2.45) is 0 Å². The molecule has 4 rings (SSSR count). The highest BCUT2D eigenvalue weighted by atomic mass is 16.5. The average molecular weight is 341 g/mol. The van der Waals surface area contributed by atoms with E-state index in [2.05, 4.69) is 20.3 Å². The summed E-state index contributed by atoms with van der Waals surface area (Å²) >= 11 is 0. The lowest BCUT2D eigenvalue weighted by molar-refractivity contribution is -0.146. The van der Waals surface area contributed by atoms with Gasteiger partial charge in [0.05, 0.1) is 30.8 Å². The van der Waals surface area contributed by atoms with Crippen LogP contribution in [-0.4, -0.2) is 50.4 Å². The van der Waals surface area contributed by atoms with Gasteiger partial charge < -0.3 is 14.2 Å². The molecular formula is C17H19N5O3. The molecule has 3 heterocycles. The topological polar surface area (TPSA) is 97.1 Å². The number of carbonyl (C=O) groups is 1. The smallest absolute Gasteiger partial charge is 0.252 e. The lowest BCUT2D eigenvalue weighted by Crippen LogP contribution is -2.47. The Morgan fingerprint density at radius 2 is 2.32 bits per heavy atom. The summed E-state index contributed by atoms with van der Waals surface area (Å²) in [6.45, 7) is 4.68. The molecule has 0 spiro atoms. The monoisotopic (exact) mass is 341 g/mol. The Labute approximate surface area is 144 Å². The predicted molar refractivity (Wildman–Crippen MR) is 88.7 cm³/mol. The number of carbonyl (C=O) groups excluding carboxylic acids is 1. The molecule has 1 aliphatic heterocycles. The number of aromatic nitrogens is 4. The Morgan fingerprint density at radius 3 is 3.12 bits per heavy atom. The number of morpholine rings is 1. The van der Waals surface area contributed by atoms with Crippen molar-refractivity contribution < 1.29 is 14.1 Å². The average Bonchev–Trinajstić information content (AvgIpc) is 3.22. The quantitative estimate of drug-likeness (QED) is 0.780. The predicted octanol–water partition coefficient (Wildman–Crippen LogP) is 1.79. The van der Waals surface area contributed by atoms with Crippen LogP contribution in [0.3, 0.4) is 0 Å². The third-order valence-corrected chi connectivity index (χ3v) is 4.47. The van der Waals surface area contributed by atoms with E-state index in [0.29, 0.717) is 31.3 Å². The number of fused-ring (bicyclic) bond motifs is 1. The van der Waals surface area contributed by atoms with Gasteiger partial charge in [0.1, 0.15) is 6.04 Å². The molecule has 0 bridgehead atoms. The summed E-state index contributed by atoms with van der Waals surface area (Å²) in [5.74, 6) is 0.979. The molecule has 1 N–H and O–H groups in total. The van der Waals surface area contributed by atoms with Gasteiger partial charge in [-0.1, -0.05) is 11.2 Å². The number of hydrogen-bond acceptors (Lipinski definition) is 6. The third-order valence-electron chi connectivity index (χ3n) is 4.47. The first-order valence-electron chi connectivity index (χ1n) is 8.25. The van der Waals surface area contributed by atoms with E-state index in [0.717, 1.165) is 16.5 Å². The molecule has 1 fully saturated rings. The minimum Gasteiger partial charge on any atom is -0.374 e. The standard InChI is InChI=1S/C17H19N5O3/c1-10-16(17-19-11(2)21-25-17)22(5-6-24-10)15(23)8-12-3-4-14-13(7-12)9-18-20-14/h3-4,7,9-10,16H,5-6,8H2,1-2H3,(H,18,20)/t10-,16+/m1/s1. The summed E-state index contributed by atoms with van der Waals surface area (Å²) in [5, 5.41) is 11.8. The van der Waals surface area contributed by atoms with Gasteiger partial charge in [0.2, 0.25) is 5.91 Å². The van der Waals surface area contributed by atoms with Crippen LogP contribution in [0.2, 0.25) is 0 Å². The number of amides is 1. The lowest BCUT2D eigenvalue weighted by Gasteiger charge is -2.37. The molecule has 1 saturated heterocycles. The lowest BCUT2D eigenvalue weighted by atomic mass is 10.0. The van der Waals surface area contributed by atoms with Crippen LogP contribution in [0.15, 0.2) is 28.9 Å². The highest BCUT2D eigenvalue weighted by Gasteiger charge is 2.37. The zero-order valence-corrected chi connectivity index (χ0v) is 14.1. The summed E-state index contributed by atoms with van der Waals surface area (Å²) in [5.41, 5.74) is 1.90. The number of hydrogen-bond donors (Lipinski definition) is 1. The molecule has 25 heavy (non-hydrogen) atoms. The maximum absolute atomic E-state index is 12.9. The van der Waals surface area contributed by atoms with Crippen LogP contribution in [-0.2, 0) is 16.0 Å². The van der Waals surface area contributed by atoms with E-state index in [9.17, 15) is 4.79 Å².